The highest BCUT2D eigenvalue weighted by Gasteiger charge is 2.53. The zero-order valence-electron chi connectivity index (χ0n) is 17.4. The van der Waals surface area contributed by atoms with E-state index < -0.39 is 72.9 Å². The van der Waals surface area contributed by atoms with Crippen molar-refractivity contribution < 1.29 is 52.6 Å². The summed E-state index contributed by atoms with van der Waals surface area (Å²) >= 11 is 0. The second-order valence-electron chi connectivity index (χ2n) is 6.91. The summed E-state index contributed by atoms with van der Waals surface area (Å²) in [5, 5.41) is 2.96. The standard InChI is InChI=1S/C18H24N2O11/c1-8(21)19-15-17(29-11(4)24)16(28-10(3)23)12(7-27-9(2)22)30-18(15)31-20-13(25)5-6-14(20)26/h12,15-18H,5-7H2,1-4H3,(H,19,21)/t12-,15-,16+,17-,18-/m1/s1. The number of hydrogen-bond acceptors (Lipinski definition) is 11. The van der Waals surface area contributed by atoms with Crippen molar-refractivity contribution >= 4 is 35.6 Å². The predicted molar refractivity (Wildman–Crippen MR) is 96.2 cm³/mol. The van der Waals surface area contributed by atoms with Crippen LogP contribution in [0.2, 0.25) is 0 Å². The van der Waals surface area contributed by atoms with Crippen LogP contribution < -0.4 is 5.32 Å². The summed E-state index contributed by atoms with van der Waals surface area (Å²) in [4.78, 5) is 75.8. The third-order valence-corrected chi connectivity index (χ3v) is 4.29. The highest BCUT2D eigenvalue weighted by molar-refractivity contribution is 6.00. The number of esters is 3. The minimum atomic E-state index is -1.52. The Morgan fingerprint density at radius 1 is 0.935 bits per heavy atom. The number of carbonyl (C=O) groups is 6. The normalized spacial score (nSPS) is 28.1. The summed E-state index contributed by atoms with van der Waals surface area (Å²) in [6.07, 6.45) is -5.53. The molecule has 2 saturated heterocycles. The van der Waals surface area contributed by atoms with Crippen molar-refractivity contribution in [3.05, 3.63) is 0 Å². The van der Waals surface area contributed by atoms with Crippen LogP contribution >= 0.6 is 0 Å². The van der Waals surface area contributed by atoms with Crippen molar-refractivity contribution in [3.63, 3.8) is 0 Å². The summed E-state index contributed by atoms with van der Waals surface area (Å²) in [5.74, 6) is -4.04. The first kappa shape index (κ1) is 24.2. The molecule has 0 saturated carbocycles. The van der Waals surface area contributed by atoms with Crippen LogP contribution in [-0.2, 0) is 52.6 Å². The zero-order valence-corrected chi connectivity index (χ0v) is 17.4. The number of imide groups is 1. The molecule has 2 heterocycles. The average molecular weight is 444 g/mol. The van der Waals surface area contributed by atoms with E-state index in [1.165, 1.54) is 6.92 Å². The lowest BCUT2D eigenvalue weighted by Crippen LogP contribution is -2.67. The van der Waals surface area contributed by atoms with Gasteiger partial charge in [0, 0.05) is 40.5 Å². The predicted octanol–water partition coefficient (Wildman–Crippen LogP) is -1.28. The Balaban J connectivity index is 2.42. The Labute approximate surface area is 177 Å². The SMILES string of the molecule is CC(=O)N[C@H]1[C@@H](ON2C(=O)CCC2=O)O[C@H](COC(C)=O)[C@H](OC(C)=O)[C@@H]1OC(C)=O. The number of rotatable bonds is 7. The van der Waals surface area contributed by atoms with Gasteiger partial charge >= 0.3 is 17.9 Å². The van der Waals surface area contributed by atoms with Gasteiger partial charge in [-0.1, -0.05) is 0 Å². The molecule has 0 aliphatic carbocycles. The molecule has 0 aromatic heterocycles. The van der Waals surface area contributed by atoms with Crippen molar-refractivity contribution in [3.8, 4) is 0 Å². The fraction of sp³-hybridized carbons (Fsp3) is 0.667. The van der Waals surface area contributed by atoms with E-state index in [4.69, 9.17) is 23.8 Å². The van der Waals surface area contributed by atoms with Crippen LogP contribution in [0, 0.1) is 0 Å². The topological polar surface area (TPSA) is 164 Å². The first-order valence-electron chi connectivity index (χ1n) is 9.42. The quantitative estimate of drug-likeness (QED) is 0.283. The van der Waals surface area contributed by atoms with Crippen molar-refractivity contribution in [2.75, 3.05) is 6.61 Å². The van der Waals surface area contributed by atoms with Crippen LogP contribution in [0.15, 0.2) is 0 Å². The van der Waals surface area contributed by atoms with Gasteiger partial charge in [-0.15, -0.1) is 0 Å². The minimum absolute atomic E-state index is 0.0727. The van der Waals surface area contributed by atoms with E-state index >= 15 is 0 Å². The first-order valence-corrected chi connectivity index (χ1v) is 9.42. The molecule has 5 atom stereocenters. The molecule has 0 aromatic rings. The van der Waals surface area contributed by atoms with Crippen molar-refractivity contribution in [1.29, 1.82) is 0 Å². The van der Waals surface area contributed by atoms with Gasteiger partial charge in [0.2, 0.25) is 12.2 Å². The van der Waals surface area contributed by atoms with Crippen molar-refractivity contribution in [2.24, 2.45) is 0 Å². The van der Waals surface area contributed by atoms with Gasteiger partial charge in [-0.25, -0.2) is 4.84 Å². The van der Waals surface area contributed by atoms with Crippen LogP contribution in [0.3, 0.4) is 0 Å². The van der Waals surface area contributed by atoms with Gasteiger partial charge in [-0.2, -0.15) is 5.06 Å². The molecule has 31 heavy (non-hydrogen) atoms. The van der Waals surface area contributed by atoms with Gasteiger partial charge in [-0.3, -0.25) is 28.8 Å². The summed E-state index contributed by atoms with van der Waals surface area (Å²) in [7, 11) is 0. The van der Waals surface area contributed by atoms with Gasteiger partial charge < -0.3 is 24.3 Å². The number of hydroxylamine groups is 2. The van der Waals surface area contributed by atoms with E-state index in [1.54, 1.807) is 0 Å². The highest BCUT2D eigenvalue weighted by atomic mass is 16.8. The largest absolute Gasteiger partial charge is 0.463 e. The van der Waals surface area contributed by atoms with Crippen LogP contribution in [0.4, 0.5) is 0 Å². The number of hydrogen-bond donors (Lipinski definition) is 1. The molecule has 13 nitrogen and oxygen atoms in total. The van der Waals surface area contributed by atoms with E-state index in [1.807, 2.05) is 0 Å². The van der Waals surface area contributed by atoms with Crippen LogP contribution in [0.1, 0.15) is 40.5 Å². The molecule has 2 aliphatic rings. The summed E-state index contributed by atoms with van der Waals surface area (Å²) < 4.78 is 21.2. The minimum Gasteiger partial charge on any atom is -0.463 e. The van der Waals surface area contributed by atoms with E-state index in [9.17, 15) is 28.8 Å². The van der Waals surface area contributed by atoms with Gasteiger partial charge in [0.05, 0.1) is 0 Å². The lowest BCUT2D eigenvalue weighted by molar-refractivity contribution is -0.322. The molecule has 0 unspecified atom stereocenters. The molecule has 2 aliphatic heterocycles. The van der Waals surface area contributed by atoms with E-state index in [-0.39, 0.29) is 12.8 Å². The number of ether oxygens (including phenoxy) is 4. The second-order valence-corrected chi connectivity index (χ2v) is 6.91. The fourth-order valence-electron chi connectivity index (χ4n) is 3.16. The number of amides is 3. The number of nitrogens with zero attached hydrogens (tertiary/aromatic N) is 1. The van der Waals surface area contributed by atoms with Gasteiger partial charge in [0.1, 0.15) is 18.8 Å². The molecule has 0 bridgehead atoms. The summed E-state index contributed by atoms with van der Waals surface area (Å²) in [5.41, 5.74) is 0. The number of carbonyl (C=O) groups excluding carboxylic acids is 6. The Bertz CT molecular complexity index is 752. The van der Waals surface area contributed by atoms with Crippen molar-refractivity contribution in [1.82, 2.24) is 10.4 Å². The molecule has 0 radical (unpaired) electrons. The molecular formula is C18H24N2O11. The van der Waals surface area contributed by atoms with Gasteiger partial charge in [0.15, 0.2) is 12.2 Å². The Morgan fingerprint density at radius 3 is 1.97 bits per heavy atom. The fourth-order valence-corrected chi connectivity index (χ4v) is 3.16. The Morgan fingerprint density at radius 2 is 1.48 bits per heavy atom. The molecule has 3 amide bonds. The maximum atomic E-state index is 12.0. The second kappa shape index (κ2) is 10.3. The van der Waals surface area contributed by atoms with Crippen LogP contribution in [0.25, 0.3) is 0 Å². The smallest absolute Gasteiger partial charge is 0.303 e. The highest BCUT2D eigenvalue weighted by Crippen LogP contribution is 2.29. The Kier molecular flexibility index (Phi) is 8.05. The Hall–Kier alpha value is -3.06. The number of nitrogens with one attached hydrogen (secondary N) is 1. The average Bonchev–Trinajstić information content (AvgIpc) is 2.95. The third kappa shape index (κ3) is 6.46. The molecule has 2 rings (SSSR count). The maximum absolute atomic E-state index is 12.0. The van der Waals surface area contributed by atoms with E-state index in [2.05, 4.69) is 5.32 Å². The maximum Gasteiger partial charge on any atom is 0.303 e. The molecule has 0 spiro atoms. The molecular weight excluding hydrogens is 420 g/mol. The lowest BCUT2D eigenvalue weighted by Gasteiger charge is -2.45. The summed E-state index contributed by atoms with van der Waals surface area (Å²) in [6.45, 7) is 4.07. The first-order chi connectivity index (χ1) is 14.5. The molecule has 2 fully saturated rings. The monoisotopic (exact) mass is 444 g/mol. The summed E-state index contributed by atoms with van der Waals surface area (Å²) in [6, 6.07) is -1.28. The van der Waals surface area contributed by atoms with Crippen LogP contribution in [-0.4, -0.2) is 77.9 Å². The zero-order chi connectivity index (χ0) is 23.3. The molecule has 13 heteroatoms. The van der Waals surface area contributed by atoms with E-state index in [0.717, 1.165) is 20.8 Å². The van der Waals surface area contributed by atoms with Crippen LogP contribution in [0.5, 0.6) is 0 Å². The van der Waals surface area contributed by atoms with Gasteiger partial charge in [0.25, 0.3) is 11.8 Å². The molecule has 0 aromatic carbocycles. The van der Waals surface area contributed by atoms with E-state index in [0.29, 0.717) is 5.06 Å². The van der Waals surface area contributed by atoms with Crippen molar-refractivity contribution in [2.45, 2.75) is 71.2 Å². The molecule has 1 N–H and O–H groups in total. The molecule has 172 valence electrons. The lowest BCUT2D eigenvalue weighted by atomic mass is 9.96. The van der Waals surface area contributed by atoms with Gasteiger partial charge in [-0.05, 0) is 0 Å². The third-order valence-electron chi connectivity index (χ3n) is 4.29.